The Morgan fingerprint density at radius 2 is 1.56 bits per heavy atom. The SMILES string of the molecule is CC(C)CCCCOCC[C@@H](C)C(=O)N[C@@H](C)C(=O)C[C@@H](CNC=O)C(=O)Nc1ccc(COC(=O)C(C)C)cc1. The molecule has 0 radical (unpaired) electrons. The Bertz CT molecular complexity index is 963. The molecule has 0 bridgehead atoms. The van der Waals surface area contributed by atoms with Crippen LogP contribution in [0.1, 0.15) is 79.2 Å². The molecule has 0 aliphatic heterocycles. The van der Waals surface area contributed by atoms with Crippen LogP contribution in [-0.2, 0) is 40.1 Å². The first-order valence-electron chi connectivity index (χ1n) is 14.6. The van der Waals surface area contributed by atoms with Crippen LogP contribution in [0.4, 0.5) is 5.69 Å². The average molecular weight is 576 g/mol. The molecular weight excluding hydrogens is 526 g/mol. The zero-order valence-corrected chi connectivity index (χ0v) is 25.5. The number of benzene rings is 1. The van der Waals surface area contributed by atoms with Crippen molar-refractivity contribution >= 4 is 35.7 Å². The molecule has 0 aromatic heterocycles. The highest BCUT2D eigenvalue weighted by Gasteiger charge is 2.26. The number of carbonyl (C=O) groups is 5. The number of amides is 3. The van der Waals surface area contributed by atoms with Gasteiger partial charge in [0.1, 0.15) is 6.61 Å². The number of unbranched alkanes of at least 4 members (excludes halogenated alkanes) is 1. The summed E-state index contributed by atoms with van der Waals surface area (Å²) in [7, 11) is 0. The van der Waals surface area contributed by atoms with Crippen molar-refractivity contribution in [2.45, 2.75) is 86.3 Å². The summed E-state index contributed by atoms with van der Waals surface area (Å²) >= 11 is 0. The Labute approximate surface area is 244 Å². The van der Waals surface area contributed by atoms with E-state index < -0.39 is 17.9 Å². The molecule has 10 heteroatoms. The summed E-state index contributed by atoms with van der Waals surface area (Å²) < 4.78 is 10.8. The minimum absolute atomic E-state index is 0.0319. The molecule has 0 unspecified atom stereocenters. The van der Waals surface area contributed by atoms with Crippen molar-refractivity contribution in [2.24, 2.45) is 23.7 Å². The minimum atomic E-state index is -0.833. The maximum absolute atomic E-state index is 12.9. The summed E-state index contributed by atoms with van der Waals surface area (Å²) in [5.74, 6) is -2.00. The number of hydrogen-bond donors (Lipinski definition) is 3. The Morgan fingerprint density at radius 3 is 2.17 bits per heavy atom. The van der Waals surface area contributed by atoms with E-state index in [1.165, 1.54) is 6.42 Å². The van der Waals surface area contributed by atoms with Crippen LogP contribution in [-0.4, -0.2) is 55.8 Å². The standard InChI is InChI=1S/C31H49N3O7/c1-21(2)9-7-8-15-40-16-14-23(5)29(37)33-24(6)28(36)17-26(18-32-20-35)30(38)34-27-12-10-25(11-13-27)19-41-31(39)22(3)4/h10-13,20-24,26H,7-9,14-19H2,1-6H3,(H,32,35)(H,33,37)(H,34,38)/t23-,24+,26+/m1/s1. The second kappa shape index (κ2) is 19.7. The van der Waals surface area contributed by atoms with E-state index in [0.29, 0.717) is 37.6 Å². The van der Waals surface area contributed by atoms with Gasteiger partial charge in [0, 0.05) is 37.8 Å². The van der Waals surface area contributed by atoms with Crippen LogP contribution in [0.15, 0.2) is 24.3 Å². The molecule has 1 aromatic carbocycles. The van der Waals surface area contributed by atoms with E-state index in [1.54, 1.807) is 52.0 Å². The summed E-state index contributed by atoms with van der Waals surface area (Å²) in [4.78, 5) is 60.9. The van der Waals surface area contributed by atoms with Gasteiger partial charge in [0.05, 0.1) is 17.9 Å². The normalized spacial score (nSPS) is 13.3. The van der Waals surface area contributed by atoms with Gasteiger partial charge in [-0.15, -0.1) is 0 Å². The van der Waals surface area contributed by atoms with E-state index in [-0.39, 0.29) is 49.1 Å². The maximum Gasteiger partial charge on any atom is 0.308 e. The lowest BCUT2D eigenvalue weighted by molar-refractivity contribution is -0.148. The molecule has 1 rings (SSSR count). The molecule has 3 N–H and O–H groups in total. The van der Waals surface area contributed by atoms with Crippen molar-refractivity contribution < 1.29 is 33.4 Å². The fourth-order valence-electron chi connectivity index (χ4n) is 3.80. The Kier molecular flexibility index (Phi) is 17.2. The topological polar surface area (TPSA) is 140 Å². The lowest BCUT2D eigenvalue weighted by Crippen LogP contribution is -2.43. The smallest absolute Gasteiger partial charge is 0.308 e. The predicted octanol–water partition coefficient (Wildman–Crippen LogP) is 4.02. The number of ketones is 1. The molecule has 10 nitrogen and oxygen atoms in total. The van der Waals surface area contributed by atoms with E-state index >= 15 is 0 Å². The van der Waals surface area contributed by atoms with Gasteiger partial charge in [0.15, 0.2) is 5.78 Å². The molecule has 3 atom stereocenters. The van der Waals surface area contributed by atoms with Gasteiger partial charge >= 0.3 is 5.97 Å². The Morgan fingerprint density at radius 1 is 0.878 bits per heavy atom. The monoisotopic (exact) mass is 575 g/mol. The van der Waals surface area contributed by atoms with Crippen LogP contribution in [0, 0.1) is 23.7 Å². The summed E-state index contributed by atoms with van der Waals surface area (Å²) in [6, 6.07) is 6.00. The van der Waals surface area contributed by atoms with Crippen LogP contribution in [0.3, 0.4) is 0 Å². The third-order valence-corrected chi connectivity index (χ3v) is 6.64. The molecule has 0 heterocycles. The number of hydrogen-bond acceptors (Lipinski definition) is 7. The van der Waals surface area contributed by atoms with E-state index in [2.05, 4.69) is 29.8 Å². The van der Waals surface area contributed by atoms with E-state index in [1.807, 2.05) is 0 Å². The third-order valence-electron chi connectivity index (χ3n) is 6.64. The molecule has 1 aromatic rings. The first kappa shape index (κ1) is 35.8. The number of rotatable bonds is 21. The van der Waals surface area contributed by atoms with Crippen molar-refractivity contribution in [3.05, 3.63) is 29.8 Å². The predicted molar refractivity (Wildman–Crippen MR) is 158 cm³/mol. The van der Waals surface area contributed by atoms with Crippen molar-refractivity contribution in [3.63, 3.8) is 0 Å². The van der Waals surface area contributed by atoms with E-state index in [9.17, 15) is 24.0 Å². The highest BCUT2D eigenvalue weighted by molar-refractivity contribution is 5.97. The van der Waals surface area contributed by atoms with Gasteiger partial charge in [0.2, 0.25) is 18.2 Å². The number of carbonyl (C=O) groups excluding carboxylic acids is 5. The van der Waals surface area contributed by atoms with E-state index in [0.717, 1.165) is 18.4 Å². The maximum atomic E-state index is 12.9. The molecule has 0 fully saturated rings. The summed E-state index contributed by atoms with van der Waals surface area (Å²) in [5, 5.41) is 7.96. The number of nitrogens with one attached hydrogen (secondary N) is 3. The highest BCUT2D eigenvalue weighted by atomic mass is 16.5. The summed E-state index contributed by atoms with van der Waals surface area (Å²) in [6.45, 7) is 12.5. The molecule has 3 amide bonds. The molecule has 0 spiro atoms. The lowest BCUT2D eigenvalue weighted by atomic mass is 9.97. The molecule has 0 aliphatic carbocycles. The van der Waals surface area contributed by atoms with Gasteiger partial charge in [-0.3, -0.25) is 24.0 Å². The van der Waals surface area contributed by atoms with Gasteiger partial charge in [-0.25, -0.2) is 0 Å². The fourth-order valence-corrected chi connectivity index (χ4v) is 3.80. The second-order valence-electron chi connectivity index (χ2n) is 11.3. The van der Waals surface area contributed by atoms with Crippen LogP contribution >= 0.6 is 0 Å². The van der Waals surface area contributed by atoms with Gasteiger partial charge in [-0.05, 0) is 43.4 Å². The van der Waals surface area contributed by atoms with Crippen molar-refractivity contribution in [1.82, 2.24) is 10.6 Å². The van der Waals surface area contributed by atoms with Crippen LogP contribution in [0.2, 0.25) is 0 Å². The molecule has 41 heavy (non-hydrogen) atoms. The molecule has 230 valence electrons. The minimum Gasteiger partial charge on any atom is -0.461 e. The second-order valence-corrected chi connectivity index (χ2v) is 11.3. The zero-order chi connectivity index (χ0) is 30.8. The van der Waals surface area contributed by atoms with Crippen molar-refractivity contribution in [1.29, 1.82) is 0 Å². The number of anilines is 1. The van der Waals surface area contributed by atoms with Gasteiger partial charge < -0.3 is 25.4 Å². The van der Waals surface area contributed by atoms with Gasteiger partial charge in [-0.2, -0.15) is 0 Å². The quantitative estimate of drug-likeness (QED) is 0.114. The Hall–Kier alpha value is -3.27. The lowest BCUT2D eigenvalue weighted by Gasteiger charge is -2.20. The number of esters is 1. The first-order chi connectivity index (χ1) is 19.4. The molecule has 0 aliphatic rings. The number of Topliss-reactive ketones (excluding diaryl/α,β-unsaturated/α-hetero) is 1. The average Bonchev–Trinajstić information content (AvgIpc) is 2.93. The fraction of sp³-hybridized carbons (Fsp3) is 0.645. The summed E-state index contributed by atoms with van der Waals surface area (Å²) in [6.07, 6.45) is 4.15. The van der Waals surface area contributed by atoms with Gasteiger partial charge in [-0.1, -0.05) is 59.6 Å². The zero-order valence-electron chi connectivity index (χ0n) is 25.5. The van der Waals surface area contributed by atoms with Crippen LogP contribution in [0.5, 0.6) is 0 Å². The number of ether oxygens (including phenoxy) is 2. The van der Waals surface area contributed by atoms with Crippen molar-refractivity contribution in [2.75, 3.05) is 25.1 Å². The molecule has 0 saturated heterocycles. The Balaban J connectivity index is 2.56. The molecular formula is C31H49N3O7. The highest BCUT2D eigenvalue weighted by Crippen LogP contribution is 2.15. The third kappa shape index (κ3) is 15.3. The van der Waals surface area contributed by atoms with Crippen LogP contribution < -0.4 is 16.0 Å². The largest absolute Gasteiger partial charge is 0.461 e. The molecule has 0 saturated carbocycles. The van der Waals surface area contributed by atoms with E-state index in [4.69, 9.17) is 9.47 Å². The van der Waals surface area contributed by atoms with Crippen molar-refractivity contribution in [3.8, 4) is 0 Å². The summed E-state index contributed by atoms with van der Waals surface area (Å²) in [5.41, 5.74) is 1.26. The van der Waals surface area contributed by atoms with Gasteiger partial charge in [0.25, 0.3) is 0 Å². The first-order valence-corrected chi connectivity index (χ1v) is 14.6. The van der Waals surface area contributed by atoms with Crippen LogP contribution in [0.25, 0.3) is 0 Å².